The minimum absolute atomic E-state index is 0.175. The molecule has 4 heteroatoms. The van der Waals surface area contributed by atoms with Gasteiger partial charge in [0, 0.05) is 12.1 Å². The average Bonchev–Trinajstić information content (AvgIpc) is 2.48. The summed E-state index contributed by atoms with van der Waals surface area (Å²) in [5, 5.41) is 20.9. The fourth-order valence-electron chi connectivity index (χ4n) is 1.78. The Morgan fingerprint density at radius 2 is 1.95 bits per heavy atom. The van der Waals surface area contributed by atoms with Crippen molar-refractivity contribution in [3.8, 4) is 11.8 Å². The maximum atomic E-state index is 12.0. The predicted molar refractivity (Wildman–Crippen MR) is 75.2 cm³/mol. The van der Waals surface area contributed by atoms with Gasteiger partial charge in [0.2, 0.25) is 0 Å². The Labute approximate surface area is 117 Å². The number of carbonyl (C=O) groups excluding carboxylic acids is 1. The summed E-state index contributed by atoms with van der Waals surface area (Å²) in [5.41, 5.74) is 2.69. The quantitative estimate of drug-likeness (QED) is 0.896. The first-order valence-corrected chi connectivity index (χ1v) is 6.17. The van der Waals surface area contributed by atoms with Crippen LogP contribution in [0.3, 0.4) is 0 Å². The number of benzene rings is 2. The fraction of sp³-hybridized carbons (Fsp3) is 0.125. The summed E-state index contributed by atoms with van der Waals surface area (Å²) < 4.78 is 0. The number of amides is 1. The smallest absolute Gasteiger partial charge is 0.251 e. The number of aromatic hydroxyl groups is 1. The molecule has 2 aromatic carbocycles. The van der Waals surface area contributed by atoms with Gasteiger partial charge >= 0.3 is 0 Å². The number of hydrogen-bond donors (Lipinski definition) is 2. The summed E-state index contributed by atoms with van der Waals surface area (Å²) in [6.07, 6.45) is 0. The highest BCUT2D eigenvalue weighted by Crippen LogP contribution is 2.16. The number of nitrogens with zero attached hydrogens (tertiary/aromatic N) is 1. The van der Waals surface area contributed by atoms with E-state index in [9.17, 15) is 9.90 Å². The standard InChI is InChI=1S/C16H14N2O2/c1-11-8-14(6-7-15(11)19)16(20)18-10-13-4-2-12(9-17)3-5-13/h2-8,19H,10H2,1H3,(H,18,20). The van der Waals surface area contributed by atoms with E-state index >= 15 is 0 Å². The third kappa shape index (κ3) is 3.15. The molecule has 1 amide bonds. The summed E-state index contributed by atoms with van der Waals surface area (Å²) in [5.74, 6) is -0.0221. The van der Waals surface area contributed by atoms with Crippen LogP contribution in [0.4, 0.5) is 0 Å². The van der Waals surface area contributed by atoms with Crippen molar-refractivity contribution in [1.82, 2.24) is 5.32 Å². The molecule has 0 saturated heterocycles. The molecule has 0 aromatic heterocycles. The Bertz CT molecular complexity index is 670. The van der Waals surface area contributed by atoms with E-state index in [1.807, 2.05) is 6.07 Å². The van der Waals surface area contributed by atoms with Crippen molar-refractivity contribution in [2.75, 3.05) is 0 Å². The molecule has 2 aromatic rings. The van der Waals surface area contributed by atoms with Crippen molar-refractivity contribution in [3.63, 3.8) is 0 Å². The Hall–Kier alpha value is -2.80. The van der Waals surface area contributed by atoms with Crippen LogP contribution in [0.5, 0.6) is 5.75 Å². The molecule has 0 aliphatic rings. The lowest BCUT2D eigenvalue weighted by atomic mass is 10.1. The van der Waals surface area contributed by atoms with Gasteiger partial charge in [0.25, 0.3) is 5.91 Å². The van der Waals surface area contributed by atoms with Gasteiger partial charge in [-0.3, -0.25) is 4.79 Å². The number of nitrogens with one attached hydrogen (secondary N) is 1. The lowest BCUT2D eigenvalue weighted by Gasteiger charge is -2.07. The topological polar surface area (TPSA) is 73.1 Å². The van der Waals surface area contributed by atoms with Crippen LogP contribution >= 0.6 is 0 Å². The lowest BCUT2D eigenvalue weighted by Crippen LogP contribution is -2.22. The molecule has 0 aliphatic heterocycles. The van der Waals surface area contributed by atoms with Crippen LogP contribution in [0.1, 0.15) is 27.0 Å². The van der Waals surface area contributed by atoms with Gasteiger partial charge < -0.3 is 10.4 Å². The second kappa shape index (κ2) is 5.89. The average molecular weight is 266 g/mol. The highest BCUT2D eigenvalue weighted by atomic mass is 16.3. The zero-order valence-corrected chi connectivity index (χ0v) is 11.1. The van der Waals surface area contributed by atoms with Crippen LogP contribution in [-0.4, -0.2) is 11.0 Å². The molecule has 0 aliphatic carbocycles. The highest BCUT2D eigenvalue weighted by Gasteiger charge is 2.07. The number of rotatable bonds is 3. The van der Waals surface area contributed by atoms with Gasteiger partial charge in [0.1, 0.15) is 5.75 Å². The van der Waals surface area contributed by atoms with Gasteiger partial charge in [0.15, 0.2) is 0 Å². The first-order chi connectivity index (χ1) is 9.60. The number of hydrogen-bond acceptors (Lipinski definition) is 3. The lowest BCUT2D eigenvalue weighted by molar-refractivity contribution is 0.0951. The molecular formula is C16H14N2O2. The Balaban J connectivity index is 2.01. The molecule has 100 valence electrons. The van der Waals surface area contributed by atoms with Crippen LogP contribution < -0.4 is 5.32 Å². The van der Waals surface area contributed by atoms with Gasteiger partial charge in [-0.15, -0.1) is 0 Å². The van der Waals surface area contributed by atoms with Crippen molar-refractivity contribution in [2.24, 2.45) is 0 Å². The Morgan fingerprint density at radius 3 is 2.55 bits per heavy atom. The molecule has 0 fully saturated rings. The molecule has 0 atom stereocenters. The number of nitriles is 1. The molecule has 20 heavy (non-hydrogen) atoms. The molecule has 0 spiro atoms. The monoisotopic (exact) mass is 266 g/mol. The normalized spacial score (nSPS) is 9.80. The Morgan fingerprint density at radius 1 is 1.25 bits per heavy atom. The van der Waals surface area contributed by atoms with E-state index < -0.39 is 0 Å². The van der Waals surface area contributed by atoms with E-state index in [2.05, 4.69) is 5.32 Å². The van der Waals surface area contributed by atoms with E-state index in [0.717, 1.165) is 5.56 Å². The van der Waals surface area contributed by atoms with Crippen LogP contribution in [0, 0.1) is 18.3 Å². The third-order valence-electron chi connectivity index (χ3n) is 3.00. The number of aryl methyl sites for hydroxylation is 1. The van der Waals surface area contributed by atoms with E-state index in [1.165, 1.54) is 6.07 Å². The predicted octanol–water partition coefficient (Wildman–Crippen LogP) is 2.50. The van der Waals surface area contributed by atoms with E-state index in [1.54, 1.807) is 43.3 Å². The molecule has 2 rings (SSSR count). The van der Waals surface area contributed by atoms with Crippen molar-refractivity contribution >= 4 is 5.91 Å². The third-order valence-corrected chi connectivity index (χ3v) is 3.00. The minimum Gasteiger partial charge on any atom is -0.508 e. The van der Waals surface area contributed by atoms with Crippen LogP contribution in [0.15, 0.2) is 42.5 Å². The maximum Gasteiger partial charge on any atom is 0.251 e. The maximum absolute atomic E-state index is 12.0. The van der Waals surface area contributed by atoms with Gasteiger partial charge in [-0.2, -0.15) is 5.26 Å². The highest BCUT2D eigenvalue weighted by molar-refractivity contribution is 5.94. The first-order valence-electron chi connectivity index (χ1n) is 6.17. The molecule has 0 radical (unpaired) electrons. The van der Waals surface area contributed by atoms with E-state index in [0.29, 0.717) is 23.2 Å². The van der Waals surface area contributed by atoms with Crippen molar-refractivity contribution < 1.29 is 9.90 Å². The molecule has 4 nitrogen and oxygen atoms in total. The zero-order chi connectivity index (χ0) is 14.5. The summed E-state index contributed by atoms with van der Waals surface area (Å²) in [7, 11) is 0. The second-order valence-electron chi connectivity index (χ2n) is 4.49. The molecule has 0 saturated carbocycles. The Kier molecular flexibility index (Phi) is 4.02. The van der Waals surface area contributed by atoms with Crippen molar-refractivity contribution in [2.45, 2.75) is 13.5 Å². The SMILES string of the molecule is Cc1cc(C(=O)NCc2ccc(C#N)cc2)ccc1O. The molecule has 0 unspecified atom stereocenters. The molecule has 0 heterocycles. The van der Waals surface area contributed by atoms with E-state index in [4.69, 9.17) is 5.26 Å². The number of phenols is 1. The van der Waals surface area contributed by atoms with Crippen molar-refractivity contribution in [1.29, 1.82) is 5.26 Å². The van der Waals surface area contributed by atoms with Gasteiger partial charge in [0.05, 0.1) is 11.6 Å². The second-order valence-corrected chi connectivity index (χ2v) is 4.49. The summed E-state index contributed by atoms with van der Waals surface area (Å²) >= 11 is 0. The number of carbonyl (C=O) groups is 1. The fourth-order valence-corrected chi connectivity index (χ4v) is 1.78. The minimum atomic E-state index is -0.197. The largest absolute Gasteiger partial charge is 0.508 e. The van der Waals surface area contributed by atoms with Crippen LogP contribution in [0.2, 0.25) is 0 Å². The zero-order valence-electron chi connectivity index (χ0n) is 11.1. The summed E-state index contributed by atoms with van der Waals surface area (Å²) in [4.78, 5) is 12.0. The summed E-state index contributed by atoms with van der Waals surface area (Å²) in [6, 6.07) is 13.8. The first kappa shape index (κ1) is 13.6. The van der Waals surface area contributed by atoms with Crippen LogP contribution in [-0.2, 0) is 6.54 Å². The number of phenolic OH excluding ortho intramolecular Hbond substituents is 1. The molecule has 2 N–H and O–H groups in total. The van der Waals surface area contributed by atoms with Gasteiger partial charge in [-0.25, -0.2) is 0 Å². The molecular weight excluding hydrogens is 252 g/mol. The molecule has 0 bridgehead atoms. The summed E-state index contributed by atoms with van der Waals surface area (Å²) in [6.45, 7) is 2.14. The van der Waals surface area contributed by atoms with E-state index in [-0.39, 0.29) is 11.7 Å². The van der Waals surface area contributed by atoms with Gasteiger partial charge in [-0.1, -0.05) is 12.1 Å². The van der Waals surface area contributed by atoms with Gasteiger partial charge in [-0.05, 0) is 48.4 Å². The van der Waals surface area contributed by atoms with Crippen LogP contribution in [0.25, 0.3) is 0 Å². The van der Waals surface area contributed by atoms with Crippen molar-refractivity contribution in [3.05, 3.63) is 64.7 Å².